The molecule has 0 aliphatic rings. The van der Waals surface area contributed by atoms with E-state index in [2.05, 4.69) is 5.32 Å². The highest BCUT2D eigenvalue weighted by Crippen LogP contribution is 2.29. The molecule has 1 N–H and O–H groups in total. The van der Waals surface area contributed by atoms with E-state index in [1.807, 2.05) is 0 Å². The first-order valence-electron chi connectivity index (χ1n) is 4.75. The van der Waals surface area contributed by atoms with Crippen LogP contribution in [0.3, 0.4) is 0 Å². The van der Waals surface area contributed by atoms with Gasteiger partial charge in [-0.2, -0.15) is 13.2 Å². The summed E-state index contributed by atoms with van der Waals surface area (Å²) in [7, 11) is 1.59. The number of carbonyl (C=O) groups excluding carboxylic acids is 1. The van der Waals surface area contributed by atoms with Crippen molar-refractivity contribution in [1.82, 2.24) is 5.32 Å². The van der Waals surface area contributed by atoms with Crippen LogP contribution in [-0.2, 0) is 6.18 Å². The number of benzene rings is 1. The zero-order valence-electron chi connectivity index (χ0n) is 8.97. The summed E-state index contributed by atoms with van der Waals surface area (Å²) < 4.78 is 36.8. The third kappa shape index (κ3) is 3.81. The fourth-order valence-electron chi connectivity index (χ4n) is 1.18. The van der Waals surface area contributed by atoms with Crippen molar-refractivity contribution >= 4 is 23.0 Å². The molecule has 17 heavy (non-hydrogen) atoms. The smallest absolute Gasteiger partial charge is 0.382 e. The van der Waals surface area contributed by atoms with Gasteiger partial charge in [-0.25, -0.2) is 0 Å². The molecule has 0 unspecified atom stereocenters. The lowest BCUT2D eigenvalue weighted by atomic mass is 10.1. The largest absolute Gasteiger partial charge is 0.416 e. The number of nitrogens with one attached hydrogen (secondary N) is 1. The first-order chi connectivity index (χ1) is 7.84. The number of carbonyl (C=O) groups is 1. The topological polar surface area (TPSA) is 29.1 Å². The first-order valence-corrected chi connectivity index (χ1v) is 5.16. The van der Waals surface area contributed by atoms with Gasteiger partial charge < -0.3 is 5.32 Å². The third-order valence-electron chi connectivity index (χ3n) is 2.13. The van der Waals surface area contributed by atoms with E-state index < -0.39 is 11.7 Å². The van der Waals surface area contributed by atoms with Gasteiger partial charge in [0.25, 0.3) is 0 Å². The van der Waals surface area contributed by atoms with Gasteiger partial charge in [0, 0.05) is 12.6 Å². The summed E-state index contributed by atoms with van der Waals surface area (Å²) in [6, 6.07) is 4.08. The SMILES string of the molecule is CNC(=S)CC(=O)c1ccc(C(F)(F)F)cc1. The van der Waals surface area contributed by atoms with Gasteiger partial charge in [-0.3, -0.25) is 4.79 Å². The van der Waals surface area contributed by atoms with Gasteiger partial charge in [-0.05, 0) is 12.1 Å². The highest BCUT2D eigenvalue weighted by atomic mass is 32.1. The van der Waals surface area contributed by atoms with E-state index in [4.69, 9.17) is 12.2 Å². The van der Waals surface area contributed by atoms with Crippen molar-refractivity contribution in [1.29, 1.82) is 0 Å². The van der Waals surface area contributed by atoms with Crippen LogP contribution >= 0.6 is 12.2 Å². The van der Waals surface area contributed by atoms with E-state index in [0.29, 0.717) is 4.99 Å². The predicted octanol–water partition coefficient (Wildman–Crippen LogP) is 2.83. The molecule has 0 atom stereocenters. The van der Waals surface area contributed by atoms with Gasteiger partial charge in [0.15, 0.2) is 5.78 Å². The molecule has 0 bridgehead atoms. The Morgan fingerprint density at radius 2 is 1.82 bits per heavy atom. The lowest BCUT2D eigenvalue weighted by Crippen LogP contribution is -2.19. The number of thiocarbonyl (C=S) groups is 1. The van der Waals surface area contributed by atoms with Crippen molar-refractivity contribution in [3.05, 3.63) is 35.4 Å². The van der Waals surface area contributed by atoms with Crippen LogP contribution in [0.1, 0.15) is 22.3 Å². The van der Waals surface area contributed by atoms with Crippen molar-refractivity contribution in [3.63, 3.8) is 0 Å². The summed E-state index contributed by atoms with van der Waals surface area (Å²) in [6.07, 6.45) is -4.39. The monoisotopic (exact) mass is 261 g/mol. The van der Waals surface area contributed by atoms with E-state index in [9.17, 15) is 18.0 Å². The maximum Gasteiger partial charge on any atom is 0.416 e. The zero-order chi connectivity index (χ0) is 13.1. The van der Waals surface area contributed by atoms with E-state index >= 15 is 0 Å². The van der Waals surface area contributed by atoms with Crippen LogP contribution in [0, 0.1) is 0 Å². The summed E-state index contributed by atoms with van der Waals surface area (Å²) in [5.74, 6) is -0.307. The molecule has 0 saturated carbocycles. The second-order valence-electron chi connectivity index (χ2n) is 3.35. The Bertz CT molecular complexity index is 425. The molecule has 0 aliphatic carbocycles. The Labute approximate surface area is 102 Å². The average Bonchev–Trinajstić information content (AvgIpc) is 2.27. The fraction of sp³-hybridized carbons (Fsp3) is 0.273. The Kier molecular flexibility index (Phi) is 4.22. The minimum atomic E-state index is -4.39. The maximum absolute atomic E-state index is 12.3. The highest BCUT2D eigenvalue weighted by Gasteiger charge is 2.30. The van der Waals surface area contributed by atoms with Crippen LogP contribution in [0.5, 0.6) is 0 Å². The summed E-state index contributed by atoms with van der Waals surface area (Å²) in [6.45, 7) is 0. The number of alkyl halides is 3. The second kappa shape index (κ2) is 5.27. The normalized spacial score (nSPS) is 11.1. The summed E-state index contributed by atoms with van der Waals surface area (Å²) in [5.41, 5.74) is -0.555. The molecule has 0 heterocycles. The summed E-state index contributed by atoms with van der Waals surface area (Å²) >= 11 is 4.80. The van der Waals surface area contributed by atoms with Gasteiger partial charge >= 0.3 is 6.18 Å². The van der Waals surface area contributed by atoms with Crippen LogP contribution in [-0.4, -0.2) is 17.8 Å². The standard InChI is InChI=1S/C11H10F3NOS/c1-15-10(17)6-9(16)7-2-4-8(5-3-7)11(12,13)14/h2-5H,6H2,1H3,(H,15,17). The van der Waals surface area contributed by atoms with E-state index in [1.54, 1.807) is 7.05 Å². The molecule has 6 heteroatoms. The molecule has 92 valence electrons. The molecule has 0 amide bonds. The van der Waals surface area contributed by atoms with Crippen LogP contribution in [0.2, 0.25) is 0 Å². The van der Waals surface area contributed by atoms with Crippen molar-refractivity contribution in [2.45, 2.75) is 12.6 Å². The number of halogens is 3. The number of hydrogen-bond acceptors (Lipinski definition) is 2. The van der Waals surface area contributed by atoms with Crippen molar-refractivity contribution in [2.75, 3.05) is 7.05 Å². The number of hydrogen-bond donors (Lipinski definition) is 1. The minimum absolute atomic E-state index is 0.00278. The van der Waals surface area contributed by atoms with Crippen LogP contribution in [0.15, 0.2) is 24.3 Å². The second-order valence-corrected chi connectivity index (χ2v) is 3.84. The third-order valence-corrected chi connectivity index (χ3v) is 2.48. The molecule has 0 aromatic heterocycles. The number of ketones is 1. The molecule has 1 aromatic carbocycles. The van der Waals surface area contributed by atoms with Gasteiger partial charge in [0.2, 0.25) is 0 Å². The van der Waals surface area contributed by atoms with Crippen molar-refractivity contribution in [3.8, 4) is 0 Å². The Morgan fingerprint density at radius 3 is 2.24 bits per heavy atom. The lowest BCUT2D eigenvalue weighted by molar-refractivity contribution is -0.137. The molecule has 2 nitrogen and oxygen atoms in total. The van der Waals surface area contributed by atoms with Gasteiger partial charge in [-0.1, -0.05) is 24.4 Å². The van der Waals surface area contributed by atoms with Gasteiger partial charge in [-0.15, -0.1) is 0 Å². The Hall–Kier alpha value is -1.43. The molecule has 1 rings (SSSR count). The summed E-state index contributed by atoms with van der Waals surface area (Å²) in [4.78, 5) is 11.9. The Morgan fingerprint density at radius 1 is 1.29 bits per heavy atom. The lowest BCUT2D eigenvalue weighted by Gasteiger charge is -2.07. The van der Waals surface area contributed by atoms with E-state index in [-0.39, 0.29) is 17.8 Å². The van der Waals surface area contributed by atoms with Crippen LogP contribution < -0.4 is 5.32 Å². The summed E-state index contributed by atoms with van der Waals surface area (Å²) in [5, 5.41) is 2.63. The van der Waals surface area contributed by atoms with Crippen LogP contribution in [0.25, 0.3) is 0 Å². The molecule has 0 saturated heterocycles. The molecule has 0 fully saturated rings. The zero-order valence-corrected chi connectivity index (χ0v) is 9.78. The number of Topliss-reactive ketones (excluding diaryl/α,β-unsaturated/α-hetero) is 1. The molecule has 0 radical (unpaired) electrons. The van der Waals surface area contributed by atoms with Crippen molar-refractivity contribution in [2.24, 2.45) is 0 Å². The molecular weight excluding hydrogens is 251 g/mol. The minimum Gasteiger partial charge on any atom is -0.382 e. The fourth-order valence-corrected chi connectivity index (χ4v) is 1.31. The molecular formula is C11H10F3NOS. The molecule has 0 spiro atoms. The van der Waals surface area contributed by atoms with Crippen molar-refractivity contribution < 1.29 is 18.0 Å². The van der Waals surface area contributed by atoms with Gasteiger partial charge in [0.05, 0.1) is 17.0 Å². The highest BCUT2D eigenvalue weighted by molar-refractivity contribution is 7.80. The number of rotatable bonds is 3. The first kappa shape index (κ1) is 13.6. The average molecular weight is 261 g/mol. The quantitative estimate of drug-likeness (QED) is 0.670. The van der Waals surface area contributed by atoms with E-state index in [0.717, 1.165) is 24.3 Å². The predicted molar refractivity (Wildman–Crippen MR) is 62.0 cm³/mol. The Balaban J connectivity index is 2.81. The van der Waals surface area contributed by atoms with Gasteiger partial charge in [0.1, 0.15) is 0 Å². The maximum atomic E-state index is 12.3. The molecule has 1 aromatic rings. The molecule has 0 aliphatic heterocycles. The van der Waals surface area contributed by atoms with Crippen LogP contribution in [0.4, 0.5) is 13.2 Å². The van der Waals surface area contributed by atoms with E-state index in [1.165, 1.54) is 0 Å².